The third kappa shape index (κ3) is 2.50. The zero-order valence-corrected chi connectivity index (χ0v) is 8.80. The van der Waals surface area contributed by atoms with Crippen LogP contribution < -0.4 is 10.6 Å². The number of nitrogens with zero attached hydrogens (tertiary/aromatic N) is 1. The Labute approximate surface area is 96.2 Å². The summed E-state index contributed by atoms with van der Waals surface area (Å²) in [5, 5.41) is 14.6. The van der Waals surface area contributed by atoms with Crippen molar-refractivity contribution < 1.29 is 13.2 Å². The van der Waals surface area contributed by atoms with Crippen LogP contribution in [0.2, 0.25) is 0 Å². The molecule has 90 valence electrons. The highest BCUT2D eigenvalue weighted by molar-refractivity contribution is 5.53. The van der Waals surface area contributed by atoms with Gasteiger partial charge in [0.15, 0.2) is 0 Å². The van der Waals surface area contributed by atoms with Crippen LogP contribution in [-0.2, 0) is 6.18 Å². The van der Waals surface area contributed by atoms with E-state index in [9.17, 15) is 13.2 Å². The van der Waals surface area contributed by atoms with Gasteiger partial charge >= 0.3 is 6.18 Å². The van der Waals surface area contributed by atoms with Gasteiger partial charge in [0.1, 0.15) is 0 Å². The fraction of sp³-hybridized carbons (Fsp3) is 0.364. The highest BCUT2D eigenvalue weighted by Crippen LogP contribution is 2.33. The number of alkyl halides is 3. The van der Waals surface area contributed by atoms with Gasteiger partial charge in [-0.1, -0.05) is 0 Å². The summed E-state index contributed by atoms with van der Waals surface area (Å²) < 4.78 is 38.0. The lowest BCUT2D eigenvalue weighted by Gasteiger charge is -2.29. The van der Waals surface area contributed by atoms with Crippen LogP contribution in [0.1, 0.15) is 11.1 Å². The van der Waals surface area contributed by atoms with Crippen LogP contribution >= 0.6 is 0 Å². The molecular weight excluding hydrogens is 231 g/mol. The number of hydrogen-bond donors (Lipinski definition) is 2. The smallest absolute Gasteiger partial charge is 0.380 e. The van der Waals surface area contributed by atoms with Crippen LogP contribution in [0, 0.1) is 11.3 Å². The van der Waals surface area contributed by atoms with Crippen molar-refractivity contribution in [3.05, 3.63) is 29.3 Å². The Bertz CT molecular complexity index is 458. The second-order valence-electron chi connectivity index (χ2n) is 3.87. The monoisotopic (exact) mass is 241 g/mol. The topological polar surface area (TPSA) is 47.9 Å². The minimum atomic E-state index is -4.50. The molecule has 2 rings (SSSR count). The maximum atomic E-state index is 12.7. The summed E-state index contributed by atoms with van der Waals surface area (Å²) in [7, 11) is 0. The Morgan fingerprint density at radius 3 is 2.53 bits per heavy atom. The number of nitrogens with one attached hydrogen (secondary N) is 2. The van der Waals surface area contributed by atoms with Crippen LogP contribution in [0.25, 0.3) is 0 Å². The summed E-state index contributed by atoms with van der Waals surface area (Å²) in [5.41, 5.74) is -0.852. The number of nitriles is 1. The maximum Gasteiger partial charge on any atom is 0.417 e. The number of halogens is 3. The summed E-state index contributed by atoms with van der Waals surface area (Å²) in [5.74, 6) is 0. The Hall–Kier alpha value is -1.74. The fourth-order valence-electron chi connectivity index (χ4n) is 1.59. The summed E-state index contributed by atoms with van der Waals surface area (Å²) in [4.78, 5) is 0. The van der Waals surface area contributed by atoms with Crippen molar-refractivity contribution in [1.82, 2.24) is 5.32 Å². The normalized spacial score (nSPS) is 16.1. The van der Waals surface area contributed by atoms with Crippen LogP contribution in [0.5, 0.6) is 0 Å². The molecule has 2 N–H and O–H groups in total. The molecule has 1 fully saturated rings. The van der Waals surface area contributed by atoms with E-state index in [1.165, 1.54) is 12.1 Å². The van der Waals surface area contributed by atoms with E-state index in [1.54, 1.807) is 6.07 Å². The molecule has 0 saturated carbocycles. The van der Waals surface area contributed by atoms with Crippen LogP contribution in [0.3, 0.4) is 0 Å². The van der Waals surface area contributed by atoms with E-state index in [0.717, 1.165) is 19.2 Å². The minimum Gasteiger partial charge on any atom is -0.380 e. The van der Waals surface area contributed by atoms with E-state index in [4.69, 9.17) is 5.26 Å². The Morgan fingerprint density at radius 1 is 1.35 bits per heavy atom. The maximum absolute atomic E-state index is 12.7. The largest absolute Gasteiger partial charge is 0.417 e. The molecule has 1 saturated heterocycles. The van der Waals surface area contributed by atoms with Crippen LogP contribution in [-0.4, -0.2) is 19.1 Å². The molecule has 1 aliphatic heterocycles. The van der Waals surface area contributed by atoms with Gasteiger partial charge in [-0.25, -0.2) is 0 Å². The Kier molecular flexibility index (Phi) is 2.94. The van der Waals surface area contributed by atoms with Gasteiger partial charge in [0.2, 0.25) is 0 Å². The molecule has 3 nitrogen and oxygen atoms in total. The molecule has 0 radical (unpaired) electrons. The van der Waals surface area contributed by atoms with Gasteiger partial charge in [-0.05, 0) is 18.2 Å². The van der Waals surface area contributed by atoms with Crippen molar-refractivity contribution in [3.63, 3.8) is 0 Å². The van der Waals surface area contributed by atoms with Crippen molar-refractivity contribution >= 4 is 5.69 Å². The molecule has 0 atom stereocenters. The molecule has 1 aliphatic rings. The third-order valence-corrected chi connectivity index (χ3v) is 2.60. The van der Waals surface area contributed by atoms with Crippen molar-refractivity contribution in [2.75, 3.05) is 18.4 Å². The minimum absolute atomic E-state index is 0.156. The summed E-state index contributed by atoms with van der Waals surface area (Å²) in [6, 6.07) is 5.37. The van der Waals surface area contributed by atoms with E-state index in [0.29, 0.717) is 5.69 Å². The quantitative estimate of drug-likeness (QED) is 0.832. The van der Waals surface area contributed by atoms with Gasteiger partial charge in [0.25, 0.3) is 0 Å². The van der Waals surface area contributed by atoms with Crippen molar-refractivity contribution in [2.24, 2.45) is 0 Å². The molecule has 6 heteroatoms. The first-order valence-corrected chi connectivity index (χ1v) is 5.09. The average Bonchev–Trinajstić information content (AvgIpc) is 2.22. The van der Waals surface area contributed by atoms with Crippen molar-refractivity contribution in [2.45, 2.75) is 12.2 Å². The number of hydrogen-bond acceptors (Lipinski definition) is 3. The molecule has 17 heavy (non-hydrogen) atoms. The summed E-state index contributed by atoms with van der Waals surface area (Å²) in [6.07, 6.45) is -4.50. The van der Waals surface area contributed by atoms with Gasteiger partial charge in [-0.15, -0.1) is 0 Å². The predicted molar refractivity (Wildman–Crippen MR) is 56.4 cm³/mol. The second-order valence-corrected chi connectivity index (χ2v) is 3.87. The van der Waals surface area contributed by atoms with Gasteiger partial charge in [0, 0.05) is 18.8 Å². The zero-order valence-electron chi connectivity index (χ0n) is 8.80. The standard InChI is InChI=1S/C11H10F3N3/c12-11(13,14)10-3-8(2-1-7(10)4-15)17-9-5-16-6-9/h1-3,9,16-17H,5-6H2. The molecular formula is C11H10F3N3. The average molecular weight is 241 g/mol. The first-order valence-electron chi connectivity index (χ1n) is 5.09. The van der Waals surface area contributed by atoms with E-state index < -0.39 is 11.7 Å². The lowest BCUT2D eigenvalue weighted by atomic mass is 10.1. The van der Waals surface area contributed by atoms with Gasteiger partial charge < -0.3 is 10.6 Å². The molecule has 1 aromatic rings. The lowest BCUT2D eigenvalue weighted by Crippen LogP contribution is -2.51. The molecule has 0 spiro atoms. The van der Waals surface area contributed by atoms with Crippen LogP contribution in [0.4, 0.5) is 18.9 Å². The zero-order chi connectivity index (χ0) is 12.5. The molecule has 0 bridgehead atoms. The third-order valence-electron chi connectivity index (χ3n) is 2.60. The molecule has 0 aromatic heterocycles. The summed E-state index contributed by atoms with van der Waals surface area (Å²) >= 11 is 0. The molecule has 0 unspecified atom stereocenters. The van der Waals surface area contributed by atoms with Gasteiger partial charge in [-0.3, -0.25) is 0 Å². The molecule has 0 aliphatic carbocycles. The van der Waals surface area contributed by atoms with Crippen molar-refractivity contribution in [1.29, 1.82) is 5.26 Å². The van der Waals surface area contributed by atoms with Gasteiger partial charge in [0.05, 0.1) is 23.2 Å². The SMILES string of the molecule is N#Cc1ccc(NC2CNC2)cc1C(F)(F)F. The second kappa shape index (κ2) is 4.26. The first kappa shape index (κ1) is 11.7. The van der Waals surface area contributed by atoms with Crippen molar-refractivity contribution in [3.8, 4) is 6.07 Å². The summed E-state index contributed by atoms with van der Waals surface area (Å²) in [6.45, 7) is 1.47. The molecule has 0 amide bonds. The van der Waals surface area contributed by atoms with Crippen LogP contribution in [0.15, 0.2) is 18.2 Å². The lowest BCUT2D eigenvalue weighted by molar-refractivity contribution is -0.137. The Balaban J connectivity index is 2.28. The number of anilines is 1. The van der Waals surface area contributed by atoms with E-state index in [2.05, 4.69) is 10.6 Å². The van der Waals surface area contributed by atoms with E-state index in [1.807, 2.05) is 0 Å². The number of rotatable bonds is 2. The Morgan fingerprint density at radius 2 is 2.06 bits per heavy atom. The fourth-order valence-corrected chi connectivity index (χ4v) is 1.59. The highest BCUT2D eigenvalue weighted by Gasteiger charge is 2.34. The van der Waals surface area contributed by atoms with E-state index >= 15 is 0 Å². The van der Waals surface area contributed by atoms with E-state index in [-0.39, 0.29) is 11.6 Å². The molecule has 1 heterocycles. The van der Waals surface area contributed by atoms with Gasteiger partial charge in [-0.2, -0.15) is 18.4 Å². The molecule has 1 aromatic carbocycles. The highest BCUT2D eigenvalue weighted by atomic mass is 19.4. The number of benzene rings is 1. The first-order chi connectivity index (χ1) is 8.00. The predicted octanol–water partition coefficient (Wildman–Crippen LogP) is 1.96.